The van der Waals surface area contributed by atoms with Crippen molar-refractivity contribution in [2.45, 2.75) is 45.2 Å². The molecule has 0 saturated heterocycles. The van der Waals surface area contributed by atoms with Crippen LogP contribution in [-0.2, 0) is 24.2 Å². The van der Waals surface area contributed by atoms with E-state index in [4.69, 9.17) is 14.5 Å². The molecule has 1 N–H and O–H groups in total. The highest BCUT2D eigenvalue weighted by molar-refractivity contribution is 5.97. The zero-order valence-electron chi connectivity index (χ0n) is 18.8. The fourth-order valence-corrected chi connectivity index (χ4v) is 4.16. The van der Waals surface area contributed by atoms with Gasteiger partial charge in [-0.1, -0.05) is 18.9 Å². The lowest BCUT2D eigenvalue weighted by atomic mass is 10.1. The average Bonchev–Trinajstić information content (AvgIpc) is 2.82. The standard InChI is InChI=1S/C25H27N3O5/c1-32-21-11-8-16(13-19(21)25(31)33-2)15-26-23(29)17-9-10-18-20(14-17)27-22-7-5-3-4-6-12-28(22)24(18)30/h8-11,13-14H,3-7,12,15H2,1-2H3,(H,26,29). The molecular weight excluding hydrogens is 422 g/mol. The third kappa shape index (κ3) is 4.74. The Morgan fingerprint density at radius 1 is 1.06 bits per heavy atom. The molecule has 33 heavy (non-hydrogen) atoms. The molecule has 0 bridgehead atoms. The molecule has 8 nitrogen and oxygen atoms in total. The van der Waals surface area contributed by atoms with E-state index >= 15 is 0 Å². The van der Waals surface area contributed by atoms with E-state index in [0.29, 0.717) is 34.3 Å². The summed E-state index contributed by atoms with van der Waals surface area (Å²) in [5, 5.41) is 3.38. The van der Waals surface area contributed by atoms with Crippen LogP contribution in [0.2, 0.25) is 0 Å². The van der Waals surface area contributed by atoms with E-state index in [-0.39, 0.29) is 18.0 Å². The summed E-state index contributed by atoms with van der Waals surface area (Å²) in [5.41, 5.74) is 1.93. The Morgan fingerprint density at radius 2 is 1.88 bits per heavy atom. The summed E-state index contributed by atoms with van der Waals surface area (Å²) < 4.78 is 11.8. The van der Waals surface area contributed by atoms with Crippen molar-refractivity contribution in [3.63, 3.8) is 0 Å². The second-order valence-corrected chi connectivity index (χ2v) is 8.09. The second kappa shape index (κ2) is 9.85. The van der Waals surface area contributed by atoms with Crippen LogP contribution in [0.1, 0.15) is 57.8 Å². The Bertz CT molecular complexity index is 1260. The first kappa shape index (κ1) is 22.5. The quantitative estimate of drug-likeness (QED) is 0.601. The molecule has 1 aromatic heterocycles. The summed E-state index contributed by atoms with van der Waals surface area (Å²) in [6, 6.07) is 10.0. The molecule has 0 unspecified atom stereocenters. The van der Waals surface area contributed by atoms with Crippen LogP contribution in [0.15, 0.2) is 41.2 Å². The zero-order valence-corrected chi connectivity index (χ0v) is 18.8. The minimum atomic E-state index is -0.512. The first-order chi connectivity index (χ1) is 16.0. The second-order valence-electron chi connectivity index (χ2n) is 8.09. The topological polar surface area (TPSA) is 99.5 Å². The van der Waals surface area contributed by atoms with E-state index in [0.717, 1.165) is 43.5 Å². The number of carbonyl (C=O) groups excluding carboxylic acids is 2. The van der Waals surface area contributed by atoms with Gasteiger partial charge in [0.05, 0.1) is 25.1 Å². The number of amides is 1. The first-order valence-electron chi connectivity index (χ1n) is 11.1. The van der Waals surface area contributed by atoms with E-state index in [2.05, 4.69) is 5.32 Å². The largest absolute Gasteiger partial charge is 0.496 e. The van der Waals surface area contributed by atoms with Gasteiger partial charge in [0.1, 0.15) is 17.1 Å². The molecule has 0 fully saturated rings. The molecule has 4 rings (SSSR count). The number of carbonyl (C=O) groups is 2. The van der Waals surface area contributed by atoms with Crippen LogP contribution < -0.4 is 15.6 Å². The van der Waals surface area contributed by atoms with E-state index in [9.17, 15) is 14.4 Å². The maximum Gasteiger partial charge on any atom is 0.341 e. The molecule has 3 aromatic rings. The summed E-state index contributed by atoms with van der Waals surface area (Å²) in [5.74, 6) is 0.389. The number of fused-ring (bicyclic) bond motifs is 2. The number of hydrogen-bond donors (Lipinski definition) is 1. The third-order valence-electron chi connectivity index (χ3n) is 5.95. The van der Waals surface area contributed by atoms with Crippen molar-refractivity contribution >= 4 is 22.8 Å². The predicted molar refractivity (Wildman–Crippen MR) is 124 cm³/mol. The van der Waals surface area contributed by atoms with Crippen molar-refractivity contribution in [1.82, 2.24) is 14.9 Å². The highest BCUT2D eigenvalue weighted by Gasteiger charge is 2.16. The monoisotopic (exact) mass is 449 g/mol. The van der Waals surface area contributed by atoms with Crippen LogP contribution in [-0.4, -0.2) is 35.6 Å². The van der Waals surface area contributed by atoms with Crippen LogP contribution in [0.25, 0.3) is 10.9 Å². The fraction of sp³-hybridized carbons (Fsp3) is 0.360. The summed E-state index contributed by atoms with van der Waals surface area (Å²) in [7, 11) is 2.78. The van der Waals surface area contributed by atoms with Crippen molar-refractivity contribution in [1.29, 1.82) is 0 Å². The highest BCUT2D eigenvalue weighted by atomic mass is 16.5. The van der Waals surface area contributed by atoms with Gasteiger partial charge in [-0.15, -0.1) is 0 Å². The van der Waals surface area contributed by atoms with Crippen molar-refractivity contribution in [2.75, 3.05) is 14.2 Å². The van der Waals surface area contributed by atoms with Gasteiger partial charge < -0.3 is 14.8 Å². The zero-order chi connectivity index (χ0) is 23.4. The lowest BCUT2D eigenvalue weighted by molar-refractivity contribution is 0.0597. The number of rotatable bonds is 5. The molecule has 1 aliphatic heterocycles. The molecule has 8 heteroatoms. The number of aromatic nitrogens is 2. The molecule has 2 aromatic carbocycles. The van der Waals surface area contributed by atoms with Gasteiger partial charge >= 0.3 is 5.97 Å². The molecule has 0 spiro atoms. The number of esters is 1. The Morgan fingerprint density at radius 3 is 2.67 bits per heavy atom. The summed E-state index contributed by atoms with van der Waals surface area (Å²) in [4.78, 5) is 42.5. The Labute approximate surface area is 191 Å². The molecule has 0 aliphatic carbocycles. The molecule has 2 heterocycles. The van der Waals surface area contributed by atoms with E-state index in [1.165, 1.54) is 14.2 Å². The van der Waals surface area contributed by atoms with Crippen molar-refractivity contribution < 1.29 is 19.1 Å². The van der Waals surface area contributed by atoms with E-state index < -0.39 is 5.97 Å². The molecule has 172 valence electrons. The van der Waals surface area contributed by atoms with Gasteiger partial charge in [0.25, 0.3) is 11.5 Å². The maximum atomic E-state index is 13.0. The number of nitrogens with one attached hydrogen (secondary N) is 1. The van der Waals surface area contributed by atoms with E-state index in [1.54, 1.807) is 41.0 Å². The molecule has 0 atom stereocenters. The van der Waals surface area contributed by atoms with Gasteiger partial charge in [-0.3, -0.25) is 14.2 Å². The Hall–Kier alpha value is -3.68. The summed E-state index contributed by atoms with van der Waals surface area (Å²) in [6.07, 6.45) is 5.01. The lowest BCUT2D eigenvalue weighted by Gasteiger charge is -2.16. The van der Waals surface area contributed by atoms with Crippen molar-refractivity contribution in [2.24, 2.45) is 0 Å². The van der Waals surface area contributed by atoms with Gasteiger partial charge in [-0.05, 0) is 48.7 Å². The van der Waals surface area contributed by atoms with Gasteiger partial charge in [-0.25, -0.2) is 9.78 Å². The summed E-state index contributed by atoms with van der Waals surface area (Å²) >= 11 is 0. The predicted octanol–water partition coefficient (Wildman–Crippen LogP) is 3.24. The molecule has 0 saturated carbocycles. The lowest BCUT2D eigenvalue weighted by Crippen LogP contribution is -2.27. The Kier molecular flexibility index (Phi) is 6.72. The molecule has 1 aliphatic rings. The summed E-state index contributed by atoms with van der Waals surface area (Å²) in [6.45, 7) is 0.903. The number of aryl methyl sites for hydroxylation is 1. The smallest absolute Gasteiger partial charge is 0.341 e. The minimum absolute atomic E-state index is 0.0440. The fourth-order valence-electron chi connectivity index (χ4n) is 4.16. The van der Waals surface area contributed by atoms with Crippen LogP contribution in [0.4, 0.5) is 0 Å². The normalized spacial score (nSPS) is 13.5. The number of ether oxygens (including phenoxy) is 2. The van der Waals surface area contributed by atoms with E-state index in [1.807, 2.05) is 0 Å². The third-order valence-corrected chi connectivity index (χ3v) is 5.95. The van der Waals surface area contributed by atoms with Gasteiger partial charge in [0.15, 0.2) is 0 Å². The van der Waals surface area contributed by atoms with Gasteiger partial charge in [-0.2, -0.15) is 0 Å². The maximum absolute atomic E-state index is 13.0. The molecular formula is C25H27N3O5. The van der Waals surface area contributed by atoms with Crippen molar-refractivity contribution in [3.8, 4) is 5.75 Å². The average molecular weight is 450 g/mol. The van der Waals surface area contributed by atoms with Crippen LogP contribution in [0.3, 0.4) is 0 Å². The number of hydrogen-bond acceptors (Lipinski definition) is 6. The number of nitrogens with zero attached hydrogens (tertiary/aromatic N) is 2. The van der Waals surface area contributed by atoms with Crippen LogP contribution in [0.5, 0.6) is 5.75 Å². The van der Waals surface area contributed by atoms with Crippen LogP contribution in [0, 0.1) is 0 Å². The highest BCUT2D eigenvalue weighted by Crippen LogP contribution is 2.21. The molecule has 1 amide bonds. The minimum Gasteiger partial charge on any atom is -0.496 e. The number of methoxy groups -OCH3 is 2. The van der Waals surface area contributed by atoms with Crippen molar-refractivity contribution in [3.05, 3.63) is 69.3 Å². The number of benzene rings is 2. The van der Waals surface area contributed by atoms with Crippen LogP contribution >= 0.6 is 0 Å². The first-order valence-corrected chi connectivity index (χ1v) is 11.1. The SMILES string of the molecule is COC(=O)c1cc(CNC(=O)c2ccc3c(=O)n4c(nc3c2)CCCCCC4)ccc1OC. The van der Waals surface area contributed by atoms with Gasteiger partial charge in [0, 0.05) is 25.1 Å². The van der Waals surface area contributed by atoms with Gasteiger partial charge in [0.2, 0.25) is 0 Å². The molecule has 0 radical (unpaired) electrons. The Balaban J connectivity index is 1.56.